The number of aliphatic carboxylic acids is 1. The number of amides is 1. The van der Waals surface area contributed by atoms with E-state index in [-0.39, 0.29) is 46.9 Å². The molecule has 2 rings (SSSR count). The van der Waals surface area contributed by atoms with Crippen molar-refractivity contribution in [1.29, 1.82) is 0 Å². The van der Waals surface area contributed by atoms with Crippen molar-refractivity contribution in [3.63, 3.8) is 0 Å². The van der Waals surface area contributed by atoms with Crippen LogP contribution in [0.2, 0.25) is 0 Å². The molecule has 1 aliphatic rings. The summed E-state index contributed by atoms with van der Waals surface area (Å²) in [6, 6.07) is 4.61. The highest BCUT2D eigenvalue weighted by atomic mass is 79.9. The molecule has 0 aliphatic carbocycles. The van der Waals surface area contributed by atoms with Crippen LogP contribution >= 0.6 is 17.0 Å². The summed E-state index contributed by atoms with van der Waals surface area (Å²) < 4.78 is 1.77. The number of carbonyl (C=O) groups excluding carboxylic acids is 1. The molecule has 0 radical (unpaired) electrons. The summed E-state index contributed by atoms with van der Waals surface area (Å²) in [5.41, 5.74) is 4.81. The van der Waals surface area contributed by atoms with Crippen molar-refractivity contribution >= 4 is 28.9 Å². The molecule has 0 saturated carbocycles. The van der Waals surface area contributed by atoms with Gasteiger partial charge in [-0.05, 0) is 0 Å². The number of aromatic nitrogens is 1. The van der Waals surface area contributed by atoms with Crippen molar-refractivity contribution in [1.82, 2.24) is 5.32 Å². The van der Waals surface area contributed by atoms with E-state index in [0.29, 0.717) is 0 Å². The van der Waals surface area contributed by atoms with Gasteiger partial charge in [0.1, 0.15) is 6.04 Å². The zero-order valence-corrected chi connectivity index (χ0v) is 13.3. The van der Waals surface area contributed by atoms with E-state index in [2.05, 4.69) is 5.32 Å². The van der Waals surface area contributed by atoms with E-state index in [1.54, 1.807) is 17.0 Å². The van der Waals surface area contributed by atoms with E-state index in [4.69, 9.17) is 10.8 Å². The van der Waals surface area contributed by atoms with E-state index in [0.717, 1.165) is 0 Å². The molecule has 0 spiro atoms. The molecule has 4 N–H and O–H groups in total. The van der Waals surface area contributed by atoms with E-state index in [9.17, 15) is 9.59 Å². The minimum atomic E-state index is -1.16. The first-order chi connectivity index (χ1) is 8.01. The van der Waals surface area contributed by atoms with E-state index < -0.39 is 23.5 Å². The van der Waals surface area contributed by atoms with Crippen molar-refractivity contribution in [3.05, 3.63) is 30.6 Å². The number of pyridine rings is 1. The lowest BCUT2D eigenvalue weighted by Gasteiger charge is -2.16. The number of rotatable bonds is 3. The zero-order valence-electron chi connectivity index (χ0n) is 9.95. The summed E-state index contributed by atoms with van der Waals surface area (Å²) in [4.78, 5) is 22.5. The van der Waals surface area contributed by atoms with Crippen LogP contribution in [-0.2, 0) is 16.1 Å². The van der Waals surface area contributed by atoms with Gasteiger partial charge >= 0.3 is 5.97 Å². The predicted octanol–water partition coefficient (Wildman–Crippen LogP) is -3.77. The normalized spacial score (nSPS) is 24.9. The fraction of sp³-hybridized carbons (Fsp3) is 0.364. The summed E-state index contributed by atoms with van der Waals surface area (Å²) in [6.07, 6.45) is 3.68. The third kappa shape index (κ3) is 3.99. The summed E-state index contributed by atoms with van der Waals surface area (Å²) in [7, 11) is 0. The Labute approximate surface area is 131 Å². The first-order valence-electron chi connectivity index (χ1n) is 5.28. The lowest BCUT2D eigenvalue weighted by Crippen LogP contribution is -3.00. The molecule has 8 heteroatoms. The Bertz CT molecular complexity index is 458. The van der Waals surface area contributed by atoms with Crippen LogP contribution < -0.4 is 32.6 Å². The number of carboxylic acids is 1. The van der Waals surface area contributed by atoms with Crippen molar-refractivity contribution in [2.45, 2.75) is 24.5 Å². The lowest BCUT2D eigenvalue weighted by molar-refractivity contribution is -0.701. The van der Waals surface area contributed by atoms with Crippen LogP contribution in [0.1, 0.15) is 6.42 Å². The predicted molar refractivity (Wildman–Crippen MR) is 68.1 cm³/mol. The molecule has 0 bridgehead atoms. The van der Waals surface area contributed by atoms with E-state index in [1.165, 1.54) is 0 Å². The highest BCUT2D eigenvalue weighted by Gasteiger charge is 2.49. The first kappa shape index (κ1) is 18.0. The van der Waals surface area contributed by atoms with E-state index in [1.807, 2.05) is 18.2 Å². The molecule has 2 heterocycles. The first-order valence-corrected chi connectivity index (χ1v) is 5.28. The van der Waals surface area contributed by atoms with Crippen LogP contribution in [0.3, 0.4) is 0 Å². The SMILES string of the molecule is Br.N[C@]1(C[n+]2ccccc2)C[C@@H](C(=O)O)NC1=O.[Br-]. The standard InChI is InChI=1S/C11H13N3O3.2BrH/c12-11(7-14-4-2-1-3-5-14)6-8(9(15)16)13-10(11)17;;/h1-5,8H,6-7,12H2,(H-,13,15,16,17);2*1H/t8-,11-;;/m0../s1. The maximum atomic E-state index is 11.7. The molecule has 19 heavy (non-hydrogen) atoms. The van der Waals surface area contributed by atoms with Crippen molar-refractivity contribution in [3.8, 4) is 0 Å². The van der Waals surface area contributed by atoms with Crippen LogP contribution in [0.25, 0.3) is 0 Å². The van der Waals surface area contributed by atoms with Crippen LogP contribution in [0, 0.1) is 0 Å². The third-order valence-corrected chi connectivity index (χ3v) is 2.87. The summed E-state index contributed by atoms with van der Waals surface area (Å²) in [5, 5.41) is 11.2. The van der Waals surface area contributed by atoms with E-state index >= 15 is 0 Å². The minimum absolute atomic E-state index is 0. The minimum Gasteiger partial charge on any atom is -1.00 e. The number of hydrogen-bond acceptors (Lipinski definition) is 3. The second-order valence-corrected chi connectivity index (χ2v) is 4.27. The van der Waals surface area contributed by atoms with Gasteiger partial charge in [0.2, 0.25) is 5.91 Å². The summed E-state index contributed by atoms with van der Waals surface area (Å²) in [5.74, 6) is -1.47. The van der Waals surface area contributed by atoms with Gasteiger partial charge in [-0.3, -0.25) is 4.79 Å². The highest BCUT2D eigenvalue weighted by molar-refractivity contribution is 8.93. The molecule has 6 nitrogen and oxygen atoms in total. The van der Waals surface area contributed by atoms with Gasteiger partial charge in [-0.2, -0.15) is 0 Å². The fourth-order valence-electron chi connectivity index (χ4n) is 1.96. The van der Waals surface area contributed by atoms with Crippen LogP contribution in [0.5, 0.6) is 0 Å². The molecule has 2 atom stereocenters. The molecule has 1 saturated heterocycles. The quantitative estimate of drug-likeness (QED) is 0.457. The molecule has 0 unspecified atom stereocenters. The van der Waals surface area contributed by atoms with Gasteiger partial charge < -0.3 is 33.1 Å². The molecular formula is C11H15Br2N3O3. The van der Waals surface area contributed by atoms with Crippen LogP contribution in [0.4, 0.5) is 0 Å². The molecule has 1 amide bonds. The molecule has 1 aromatic heterocycles. The zero-order chi connectivity index (χ0) is 12.5. The second kappa shape index (κ2) is 6.97. The van der Waals surface area contributed by atoms with Crippen LogP contribution in [-0.4, -0.2) is 28.6 Å². The van der Waals surface area contributed by atoms with Gasteiger partial charge in [-0.15, -0.1) is 17.0 Å². The molecule has 0 aromatic carbocycles. The number of nitrogens with zero attached hydrogens (tertiary/aromatic N) is 1. The Hall–Kier alpha value is -0.990. The second-order valence-electron chi connectivity index (χ2n) is 4.27. The fourth-order valence-corrected chi connectivity index (χ4v) is 1.96. The Balaban J connectivity index is 0.00000162. The van der Waals surface area contributed by atoms with Gasteiger partial charge in [0.25, 0.3) is 0 Å². The molecule has 1 aromatic rings. The topological polar surface area (TPSA) is 96.3 Å². The Morgan fingerprint density at radius 1 is 1.47 bits per heavy atom. The van der Waals surface area contributed by atoms with Gasteiger partial charge in [0.15, 0.2) is 24.5 Å². The van der Waals surface area contributed by atoms with Crippen molar-refractivity contribution in [2.24, 2.45) is 5.73 Å². The average molecular weight is 397 g/mol. The molecule has 1 fully saturated rings. The molecular weight excluding hydrogens is 382 g/mol. The van der Waals surface area contributed by atoms with Gasteiger partial charge in [-0.25, -0.2) is 9.36 Å². The summed E-state index contributed by atoms with van der Waals surface area (Å²) in [6.45, 7) is 0.267. The van der Waals surface area contributed by atoms with Crippen LogP contribution in [0.15, 0.2) is 30.6 Å². The largest absolute Gasteiger partial charge is 1.00 e. The Morgan fingerprint density at radius 2 is 2.05 bits per heavy atom. The highest BCUT2D eigenvalue weighted by Crippen LogP contribution is 2.18. The number of nitrogens with two attached hydrogens (primary N) is 1. The molecule has 1 aliphatic heterocycles. The smallest absolute Gasteiger partial charge is 0.326 e. The monoisotopic (exact) mass is 395 g/mol. The average Bonchev–Trinajstić information content (AvgIpc) is 2.57. The van der Waals surface area contributed by atoms with Gasteiger partial charge in [0.05, 0.1) is 0 Å². The Kier molecular flexibility index (Phi) is 6.61. The van der Waals surface area contributed by atoms with Crippen molar-refractivity contribution in [2.75, 3.05) is 0 Å². The number of halogens is 2. The lowest BCUT2D eigenvalue weighted by atomic mass is 9.96. The maximum absolute atomic E-state index is 11.7. The third-order valence-electron chi connectivity index (χ3n) is 2.87. The summed E-state index contributed by atoms with van der Waals surface area (Å²) >= 11 is 0. The van der Waals surface area contributed by atoms with Gasteiger partial charge in [0, 0.05) is 18.6 Å². The number of hydrogen-bond donors (Lipinski definition) is 3. The number of carbonyl (C=O) groups is 2. The van der Waals surface area contributed by atoms with Crippen molar-refractivity contribution < 1.29 is 36.2 Å². The maximum Gasteiger partial charge on any atom is 0.326 e. The number of nitrogens with one attached hydrogen (secondary N) is 1. The Morgan fingerprint density at radius 3 is 2.53 bits per heavy atom. The number of carboxylic acid groups (broad SMARTS) is 1. The van der Waals surface area contributed by atoms with Gasteiger partial charge in [-0.1, -0.05) is 6.07 Å². The molecule has 106 valence electrons.